The van der Waals surface area contributed by atoms with Crippen LogP contribution < -0.4 is 10.9 Å². The zero-order valence-corrected chi connectivity index (χ0v) is 21.8. The van der Waals surface area contributed by atoms with Crippen molar-refractivity contribution in [2.75, 3.05) is 11.1 Å². The number of thiophene rings is 1. The van der Waals surface area contributed by atoms with E-state index < -0.39 is 0 Å². The summed E-state index contributed by atoms with van der Waals surface area (Å²) in [5, 5.41) is 8.90. The summed E-state index contributed by atoms with van der Waals surface area (Å²) < 4.78 is 3.56. The van der Waals surface area contributed by atoms with E-state index in [-0.39, 0.29) is 17.2 Å². The van der Waals surface area contributed by atoms with Crippen molar-refractivity contribution in [2.24, 2.45) is 0 Å². The molecule has 0 fully saturated rings. The number of benzene rings is 1. The monoisotopic (exact) mass is 495 g/mol. The minimum atomic E-state index is -0.154. The Kier molecular flexibility index (Phi) is 7.23. The first-order valence-electron chi connectivity index (χ1n) is 11.4. The number of thioether (sulfide) groups is 1. The summed E-state index contributed by atoms with van der Waals surface area (Å²) in [6, 6.07) is 9.83. The summed E-state index contributed by atoms with van der Waals surface area (Å²) >= 11 is 2.83. The fraction of sp³-hybridized carbons (Fsp3) is 0.360. The van der Waals surface area contributed by atoms with Crippen molar-refractivity contribution >= 4 is 44.9 Å². The zero-order chi connectivity index (χ0) is 24.4. The van der Waals surface area contributed by atoms with Crippen LogP contribution in [0.1, 0.15) is 41.6 Å². The number of nitrogens with zero attached hydrogens (tertiary/aromatic N) is 4. The quantitative estimate of drug-likeness (QED) is 0.261. The van der Waals surface area contributed by atoms with E-state index in [1.807, 2.05) is 62.7 Å². The fourth-order valence-electron chi connectivity index (χ4n) is 3.88. The van der Waals surface area contributed by atoms with Crippen LogP contribution >= 0.6 is 23.1 Å². The second-order valence-corrected chi connectivity index (χ2v) is 10.4. The van der Waals surface area contributed by atoms with Gasteiger partial charge in [0.2, 0.25) is 5.91 Å². The summed E-state index contributed by atoms with van der Waals surface area (Å²) in [5.74, 6) is 0.00162. The summed E-state index contributed by atoms with van der Waals surface area (Å²) in [7, 11) is 0. The van der Waals surface area contributed by atoms with Crippen LogP contribution in [0.3, 0.4) is 0 Å². The smallest absolute Gasteiger partial charge is 0.263 e. The molecule has 1 N–H and O–H groups in total. The number of hydrogen-bond donors (Lipinski definition) is 1. The molecule has 0 unspecified atom stereocenters. The summed E-state index contributed by atoms with van der Waals surface area (Å²) in [6.07, 6.45) is 1.85. The number of hydrogen-bond acceptors (Lipinski definition) is 6. The van der Waals surface area contributed by atoms with Crippen LogP contribution in [0.4, 0.5) is 5.69 Å². The van der Waals surface area contributed by atoms with Crippen LogP contribution in [0.2, 0.25) is 0 Å². The van der Waals surface area contributed by atoms with Gasteiger partial charge in [0.05, 0.1) is 33.9 Å². The average molecular weight is 496 g/mol. The molecule has 7 nitrogen and oxygen atoms in total. The van der Waals surface area contributed by atoms with Gasteiger partial charge in [0.1, 0.15) is 4.83 Å². The zero-order valence-electron chi connectivity index (χ0n) is 20.1. The van der Waals surface area contributed by atoms with Crippen molar-refractivity contribution in [2.45, 2.75) is 59.2 Å². The van der Waals surface area contributed by atoms with Crippen LogP contribution in [0.15, 0.2) is 40.3 Å². The van der Waals surface area contributed by atoms with Crippen molar-refractivity contribution in [1.82, 2.24) is 19.3 Å². The summed E-state index contributed by atoms with van der Waals surface area (Å²) in [6.45, 7) is 10.5. The molecule has 0 atom stereocenters. The maximum Gasteiger partial charge on any atom is 0.263 e. The largest absolute Gasteiger partial charge is 0.322 e. The number of fused-ring (bicyclic) bond motifs is 1. The Morgan fingerprint density at radius 3 is 2.59 bits per heavy atom. The highest BCUT2D eigenvalue weighted by Gasteiger charge is 2.19. The Morgan fingerprint density at radius 1 is 1.15 bits per heavy atom. The first-order valence-corrected chi connectivity index (χ1v) is 13.2. The van der Waals surface area contributed by atoms with Gasteiger partial charge in [-0.05, 0) is 51.8 Å². The number of carbonyl (C=O) groups excluding carboxylic acids is 1. The van der Waals surface area contributed by atoms with Gasteiger partial charge >= 0.3 is 0 Å². The number of aromatic nitrogens is 4. The third kappa shape index (κ3) is 4.67. The number of para-hydroxylation sites is 1. The van der Waals surface area contributed by atoms with Crippen LogP contribution in [-0.2, 0) is 11.3 Å². The molecule has 0 bridgehead atoms. The molecule has 0 aliphatic heterocycles. The highest BCUT2D eigenvalue weighted by Crippen LogP contribution is 2.29. The van der Waals surface area contributed by atoms with Gasteiger partial charge in [0, 0.05) is 11.4 Å². The lowest BCUT2D eigenvalue weighted by Crippen LogP contribution is -2.24. The van der Waals surface area contributed by atoms with E-state index in [2.05, 4.69) is 17.3 Å². The number of aryl methyl sites for hydroxylation is 3. The maximum atomic E-state index is 13.3. The van der Waals surface area contributed by atoms with Crippen LogP contribution in [0.25, 0.3) is 15.9 Å². The third-order valence-electron chi connectivity index (χ3n) is 5.88. The molecule has 1 aromatic carbocycles. The lowest BCUT2D eigenvalue weighted by molar-refractivity contribution is -0.113. The fourth-order valence-corrected chi connectivity index (χ4v) is 5.78. The van der Waals surface area contributed by atoms with Crippen LogP contribution in [-0.4, -0.2) is 31.0 Å². The van der Waals surface area contributed by atoms with Crippen LogP contribution in [0, 0.1) is 27.7 Å². The number of carbonyl (C=O) groups is 1. The van der Waals surface area contributed by atoms with E-state index in [9.17, 15) is 9.59 Å². The molecule has 4 aromatic rings. The van der Waals surface area contributed by atoms with Gasteiger partial charge in [-0.25, -0.2) is 9.67 Å². The van der Waals surface area contributed by atoms with Gasteiger partial charge in [0.25, 0.3) is 5.56 Å². The minimum absolute atomic E-state index is 0.0148. The minimum Gasteiger partial charge on any atom is -0.322 e. The molecule has 0 saturated heterocycles. The number of amides is 1. The molecule has 1 amide bonds. The average Bonchev–Trinajstić information content (AvgIpc) is 3.27. The SMILES string of the molecule is CCCCn1c(SCC(=O)Nc2c(C)nn(-c3ccccc3)c2C)nc2sc(C)c(C)c2c1=O. The van der Waals surface area contributed by atoms with Crippen molar-refractivity contribution in [1.29, 1.82) is 0 Å². The molecule has 4 rings (SSSR count). The second-order valence-electron chi connectivity index (χ2n) is 8.30. The Balaban J connectivity index is 1.56. The molecule has 34 heavy (non-hydrogen) atoms. The topological polar surface area (TPSA) is 81.8 Å². The molecule has 0 saturated carbocycles. The molecule has 0 radical (unpaired) electrons. The summed E-state index contributed by atoms with van der Waals surface area (Å²) in [4.78, 5) is 32.8. The lowest BCUT2D eigenvalue weighted by Gasteiger charge is -2.12. The van der Waals surface area contributed by atoms with Gasteiger partial charge in [-0.15, -0.1) is 11.3 Å². The Hall–Kier alpha value is -2.91. The first-order chi connectivity index (χ1) is 16.3. The van der Waals surface area contributed by atoms with Crippen LogP contribution in [0.5, 0.6) is 0 Å². The van der Waals surface area contributed by atoms with Gasteiger partial charge in [-0.3, -0.25) is 14.2 Å². The first kappa shape index (κ1) is 24.2. The molecular weight excluding hydrogens is 466 g/mol. The van der Waals surface area contributed by atoms with E-state index in [0.717, 1.165) is 45.2 Å². The van der Waals surface area contributed by atoms with Crippen molar-refractivity contribution in [3.63, 3.8) is 0 Å². The van der Waals surface area contributed by atoms with Crippen molar-refractivity contribution in [3.8, 4) is 5.69 Å². The molecule has 3 aromatic heterocycles. The molecule has 9 heteroatoms. The molecule has 0 aliphatic rings. The standard InChI is InChI=1S/C25H29N5O2S2/c1-6-7-13-29-24(32)21-15(2)18(5)34-23(21)27-25(29)33-14-20(31)26-22-16(3)28-30(17(22)4)19-11-9-8-10-12-19/h8-12H,6-7,13-14H2,1-5H3,(H,26,31). The molecule has 3 heterocycles. The molecule has 0 spiro atoms. The van der Waals surface area contributed by atoms with E-state index in [1.165, 1.54) is 23.1 Å². The van der Waals surface area contributed by atoms with Gasteiger partial charge in [0.15, 0.2) is 5.16 Å². The van der Waals surface area contributed by atoms with Crippen molar-refractivity contribution < 1.29 is 4.79 Å². The van der Waals surface area contributed by atoms with Crippen molar-refractivity contribution in [3.05, 3.63) is 62.5 Å². The van der Waals surface area contributed by atoms with E-state index in [4.69, 9.17) is 4.98 Å². The Labute approximate surface area is 207 Å². The molecule has 178 valence electrons. The predicted molar refractivity (Wildman–Crippen MR) is 141 cm³/mol. The Bertz CT molecular complexity index is 1400. The number of anilines is 1. The maximum absolute atomic E-state index is 13.3. The number of rotatable bonds is 8. The van der Waals surface area contributed by atoms with Gasteiger partial charge in [-0.1, -0.05) is 43.3 Å². The molecule has 0 aliphatic carbocycles. The normalized spacial score (nSPS) is 11.3. The van der Waals surface area contributed by atoms with E-state index in [0.29, 0.717) is 22.8 Å². The van der Waals surface area contributed by atoms with Gasteiger partial charge < -0.3 is 5.32 Å². The second kappa shape index (κ2) is 10.1. The number of nitrogens with one attached hydrogen (secondary N) is 1. The molecular formula is C25H29N5O2S2. The van der Waals surface area contributed by atoms with Gasteiger partial charge in [-0.2, -0.15) is 5.10 Å². The lowest BCUT2D eigenvalue weighted by atomic mass is 10.2. The van der Waals surface area contributed by atoms with E-state index >= 15 is 0 Å². The third-order valence-corrected chi connectivity index (χ3v) is 7.96. The Morgan fingerprint density at radius 2 is 1.88 bits per heavy atom. The summed E-state index contributed by atoms with van der Waals surface area (Å²) in [5.41, 5.74) is 4.26. The predicted octanol–water partition coefficient (Wildman–Crippen LogP) is 5.41. The highest BCUT2D eigenvalue weighted by molar-refractivity contribution is 7.99. The highest BCUT2D eigenvalue weighted by atomic mass is 32.2. The number of unbranched alkanes of at least 4 members (excludes halogenated alkanes) is 1. The van der Waals surface area contributed by atoms with E-state index in [1.54, 1.807) is 4.57 Å².